The molecule has 0 saturated heterocycles. The van der Waals surface area contributed by atoms with Crippen LogP contribution in [0.15, 0.2) is 41.8 Å². The molecule has 2 aromatic rings. The van der Waals surface area contributed by atoms with Gasteiger partial charge in [0, 0.05) is 9.90 Å². The predicted octanol–water partition coefficient (Wildman–Crippen LogP) is 3.75. The van der Waals surface area contributed by atoms with Crippen LogP contribution in [0.3, 0.4) is 0 Å². The average molecular weight is 292 g/mol. The van der Waals surface area contributed by atoms with Gasteiger partial charge < -0.3 is 5.32 Å². The normalized spacial score (nSPS) is 16.1. The number of carbonyl (C=O) groups is 1. The van der Waals surface area contributed by atoms with Crippen LogP contribution in [-0.2, 0) is 16.8 Å². The minimum absolute atomic E-state index is 0.0925. The summed E-state index contributed by atoms with van der Waals surface area (Å²) in [6, 6.07) is 11.7. The van der Waals surface area contributed by atoms with Crippen molar-refractivity contribution in [3.8, 4) is 0 Å². The highest BCUT2D eigenvalue weighted by Crippen LogP contribution is 2.45. The van der Waals surface area contributed by atoms with E-state index < -0.39 is 0 Å². The lowest BCUT2D eigenvalue weighted by Crippen LogP contribution is -2.35. The van der Waals surface area contributed by atoms with Crippen LogP contribution in [0.2, 0.25) is 5.02 Å². The Labute approximate surface area is 121 Å². The van der Waals surface area contributed by atoms with Crippen LogP contribution in [0.25, 0.3) is 0 Å². The fraction of sp³-hybridized carbons (Fsp3) is 0.267. The molecular formula is C15H14ClNOS. The van der Waals surface area contributed by atoms with Crippen molar-refractivity contribution in [1.82, 2.24) is 5.32 Å². The number of hydrogen-bond donors (Lipinski definition) is 1. The van der Waals surface area contributed by atoms with Gasteiger partial charge >= 0.3 is 0 Å². The van der Waals surface area contributed by atoms with Crippen molar-refractivity contribution in [2.75, 3.05) is 0 Å². The van der Waals surface area contributed by atoms with E-state index >= 15 is 0 Å². The van der Waals surface area contributed by atoms with Crippen LogP contribution in [-0.4, -0.2) is 5.91 Å². The second-order valence-electron chi connectivity index (χ2n) is 4.89. The Morgan fingerprint density at radius 3 is 2.58 bits per heavy atom. The highest BCUT2D eigenvalue weighted by atomic mass is 35.5. The van der Waals surface area contributed by atoms with Crippen LogP contribution < -0.4 is 5.32 Å². The third kappa shape index (κ3) is 2.82. The van der Waals surface area contributed by atoms with E-state index in [0.717, 1.165) is 28.3 Å². The third-order valence-electron chi connectivity index (χ3n) is 3.44. The fourth-order valence-corrected chi connectivity index (χ4v) is 3.09. The predicted molar refractivity (Wildman–Crippen MR) is 78.5 cm³/mol. The number of thiophene rings is 1. The number of carbonyl (C=O) groups excluding carboxylic acids is 1. The molecule has 19 heavy (non-hydrogen) atoms. The number of hydrogen-bond acceptors (Lipinski definition) is 2. The van der Waals surface area contributed by atoms with Gasteiger partial charge in [0.1, 0.15) is 0 Å². The molecule has 1 saturated carbocycles. The van der Waals surface area contributed by atoms with Gasteiger partial charge in [0.05, 0.1) is 12.0 Å². The van der Waals surface area contributed by atoms with Crippen molar-refractivity contribution in [2.45, 2.75) is 24.8 Å². The van der Waals surface area contributed by atoms with E-state index in [-0.39, 0.29) is 11.4 Å². The summed E-state index contributed by atoms with van der Waals surface area (Å²) in [7, 11) is 0. The molecule has 1 heterocycles. The van der Waals surface area contributed by atoms with Gasteiger partial charge in [-0.2, -0.15) is 0 Å². The third-order valence-corrected chi connectivity index (χ3v) is 4.57. The second-order valence-corrected chi connectivity index (χ2v) is 6.36. The second kappa shape index (κ2) is 4.99. The molecular weight excluding hydrogens is 278 g/mol. The molecule has 4 heteroatoms. The molecule has 1 amide bonds. The molecule has 0 bridgehead atoms. The van der Waals surface area contributed by atoms with Crippen LogP contribution >= 0.6 is 22.9 Å². The summed E-state index contributed by atoms with van der Waals surface area (Å²) in [4.78, 5) is 13.2. The van der Waals surface area contributed by atoms with Crippen molar-refractivity contribution in [3.05, 3.63) is 57.2 Å². The molecule has 98 valence electrons. The monoisotopic (exact) mass is 291 g/mol. The van der Waals surface area contributed by atoms with E-state index in [1.54, 1.807) is 11.3 Å². The number of nitrogens with one attached hydrogen (secondary N) is 1. The van der Waals surface area contributed by atoms with Gasteiger partial charge in [-0.3, -0.25) is 4.79 Å². The lowest BCUT2D eigenvalue weighted by atomic mass is 10.0. The highest BCUT2D eigenvalue weighted by Gasteiger charge is 2.45. The topological polar surface area (TPSA) is 29.1 Å². The van der Waals surface area contributed by atoms with Crippen LogP contribution in [0.4, 0.5) is 0 Å². The van der Waals surface area contributed by atoms with Crippen molar-refractivity contribution in [1.29, 1.82) is 0 Å². The molecule has 1 aromatic carbocycles. The van der Waals surface area contributed by atoms with Gasteiger partial charge in [0.25, 0.3) is 0 Å². The van der Waals surface area contributed by atoms with E-state index in [9.17, 15) is 4.79 Å². The quantitative estimate of drug-likeness (QED) is 0.913. The molecule has 0 atom stereocenters. The van der Waals surface area contributed by atoms with Crippen molar-refractivity contribution >= 4 is 28.8 Å². The van der Waals surface area contributed by atoms with Crippen LogP contribution in [0.1, 0.15) is 23.3 Å². The van der Waals surface area contributed by atoms with E-state index in [2.05, 4.69) is 5.32 Å². The SMILES string of the molecule is O=C(Cc1cccs1)NC1(c2ccc(Cl)cc2)CC1. The minimum atomic E-state index is -0.154. The van der Waals surface area contributed by atoms with E-state index in [0.29, 0.717) is 6.42 Å². The Morgan fingerprint density at radius 1 is 1.26 bits per heavy atom. The van der Waals surface area contributed by atoms with Crippen molar-refractivity contribution < 1.29 is 4.79 Å². The Hall–Kier alpha value is -1.32. The minimum Gasteiger partial charge on any atom is -0.346 e. The maximum absolute atomic E-state index is 12.1. The highest BCUT2D eigenvalue weighted by molar-refractivity contribution is 7.10. The van der Waals surface area contributed by atoms with Gasteiger partial charge in [0.15, 0.2) is 0 Å². The van der Waals surface area contributed by atoms with Crippen molar-refractivity contribution in [2.24, 2.45) is 0 Å². The van der Waals surface area contributed by atoms with Crippen LogP contribution in [0, 0.1) is 0 Å². The lowest BCUT2D eigenvalue weighted by molar-refractivity contribution is -0.121. The first kappa shape index (κ1) is 12.7. The summed E-state index contributed by atoms with van der Waals surface area (Å²) < 4.78 is 0. The number of halogens is 1. The molecule has 1 N–H and O–H groups in total. The molecule has 1 aliphatic carbocycles. The van der Waals surface area contributed by atoms with E-state index in [1.807, 2.05) is 41.8 Å². The van der Waals surface area contributed by atoms with Gasteiger partial charge in [-0.05, 0) is 42.0 Å². The first-order chi connectivity index (χ1) is 9.18. The smallest absolute Gasteiger partial charge is 0.225 e. The zero-order chi connectivity index (χ0) is 13.3. The standard InChI is InChI=1S/C15H14ClNOS/c16-12-5-3-11(4-6-12)15(7-8-15)17-14(18)10-13-2-1-9-19-13/h1-6,9H,7-8,10H2,(H,17,18). The summed E-state index contributed by atoms with van der Waals surface area (Å²) in [5.74, 6) is 0.0925. The number of amides is 1. The summed E-state index contributed by atoms with van der Waals surface area (Å²) in [6.45, 7) is 0. The van der Waals surface area contributed by atoms with Gasteiger partial charge in [-0.25, -0.2) is 0 Å². The number of rotatable bonds is 4. The molecule has 1 aromatic heterocycles. The Bertz CT molecular complexity index is 573. The average Bonchev–Trinajstić information content (AvgIpc) is 2.98. The molecule has 0 unspecified atom stereocenters. The molecule has 3 rings (SSSR count). The maximum Gasteiger partial charge on any atom is 0.225 e. The molecule has 1 aliphatic rings. The van der Waals surface area contributed by atoms with Crippen LogP contribution in [0.5, 0.6) is 0 Å². The first-order valence-electron chi connectivity index (χ1n) is 6.27. The zero-order valence-electron chi connectivity index (χ0n) is 10.4. The van der Waals surface area contributed by atoms with E-state index in [4.69, 9.17) is 11.6 Å². The molecule has 0 aliphatic heterocycles. The summed E-state index contributed by atoms with van der Waals surface area (Å²) >= 11 is 7.51. The molecule has 2 nitrogen and oxygen atoms in total. The molecule has 0 radical (unpaired) electrons. The molecule has 1 fully saturated rings. The van der Waals surface area contributed by atoms with Gasteiger partial charge in [-0.1, -0.05) is 29.8 Å². The Kier molecular flexibility index (Phi) is 3.33. The first-order valence-corrected chi connectivity index (χ1v) is 7.53. The van der Waals surface area contributed by atoms with Crippen molar-refractivity contribution in [3.63, 3.8) is 0 Å². The summed E-state index contributed by atoms with van der Waals surface area (Å²) in [6.07, 6.45) is 2.47. The lowest BCUT2D eigenvalue weighted by Gasteiger charge is -2.18. The van der Waals surface area contributed by atoms with Gasteiger partial charge in [-0.15, -0.1) is 11.3 Å². The Balaban J connectivity index is 1.68. The summed E-state index contributed by atoms with van der Waals surface area (Å²) in [5.41, 5.74) is 0.996. The summed E-state index contributed by atoms with van der Waals surface area (Å²) in [5, 5.41) is 5.89. The Morgan fingerprint density at radius 2 is 2.00 bits per heavy atom. The van der Waals surface area contributed by atoms with Gasteiger partial charge in [0.2, 0.25) is 5.91 Å². The maximum atomic E-state index is 12.1. The largest absolute Gasteiger partial charge is 0.346 e. The fourth-order valence-electron chi connectivity index (χ4n) is 2.26. The zero-order valence-corrected chi connectivity index (χ0v) is 11.9. The van der Waals surface area contributed by atoms with E-state index in [1.165, 1.54) is 0 Å². The molecule has 0 spiro atoms. The number of benzene rings is 1.